The molecule has 1 fully saturated rings. The quantitative estimate of drug-likeness (QED) is 0.709. The molecule has 1 saturated heterocycles. The Morgan fingerprint density at radius 2 is 2.25 bits per heavy atom. The maximum Gasteiger partial charge on any atom is 0.100 e. The molecule has 0 amide bonds. The molecule has 6 nitrogen and oxygen atoms in total. The monoisotopic (exact) mass is 278 g/mol. The minimum atomic E-state index is 0.331. The van der Waals surface area contributed by atoms with Crippen LogP contribution in [0.1, 0.15) is 43.5 Å². The van der Waals surface area contributed by atoms with Gasteiger partial charge in [-0.05, 0) is 26.2 Å². The molecule has 0 aliphatic carbocycles. The summed E-state index contributed by atoms with van der Waals surface area (Å²) in [6.45, 7) is 5.82. The van der Waals surface area contributed by atoms with Gasteiger partial charge in [-0.25, -0.2) is 4.68 Å². The molecule has 0 aromatic carbocycles. The van der Waals surface area contributed by atoms with Crippen molar-refractivity contribution in [2.24, 2.45) is 0 Å². The second-order valence-corrected chi connectivity index (χ2v) is 4.92. The molecule has 0 radical (unpaired) electrons. The predicted molar refractivity (Wildman–Crippen MR) is 73.2 cm³/mol. The van der Waals surface area contributed by atoms with Crippen LogP contribution in [0.15, 0.2) is 0 Å². The Morgan fingerprint density at radius 1 is 1.45 bits per heavy atom. The summed E-state index contributed by atoms with van der Waals surface area (Å²) in [6, 6.07) is 2.18. The van der Waals surface area contributed by atoms with E-state index in [2.05, 4.69) is 16.4 Å². The Bertz CT molecular complexity index is 447. The third kappa shape index (κ3) is 3.78. The van der Waals surface area contributed by atoms with Crippen LogP contribution in [-0.4, -0.2) is 41.4 Å². The maximum absolute atomic E-state index is 8.93. The van der Waals surface area contributed by atoms with Gasteiger partial charge >= 0.3 is 0 Å². The van der Waals surface area contributed by atoms with Crippen molar-refractivity contribution in [3.63, 3.8) is 0 Å². The first-order chi connectivity index (χ1) is 9.86. The first kappa shape index (κ1) is 14.9. The average molecular weight is 278 g/mol. The predicted octanol–water partition coefficient (Wildman–Crippen LogP) is 1.66. The molecule has 1 aromatic rings. The second-order valence-electron chi connectivity index (χ2n) is 4.92. The molecule has 20 heavy (non-hydrogen) atoms. The third-order valence-electron chi connectivity index (χ3n) is 3.56. The molecule has 110 valence electrons. The lowest BCUT2D eigenvalue weighted by Gasteiger charge is -2.23. The van der Waals surface area contributed by atoms with Crippen molar-refractivity contribution in [1.29, 1.82) is 5.26 Å². The Kier molecular flexibility index (Phi) is 5.96. The van der Waals surface area contributed by atoms with Crippen molar-refractivity contribution < 1.29 is 9.47 Å². The van der Waals surface area contributed by atoms with Gasteiger partial charge in [0.05, 0.1) is 18.2 Å². The molecule has 0 unspecified atom stereocenters. The lowest BCUT2D eigenvalue weighted by Crippen LogP contribution is -2.19. The molecule has 0 spiro atoms. The van der Waals surface area contributed by atoms with E-state index >= 15 is 0 Å². The smallest absolute Gasteiger partial charge is 0.100 e. The molecule has 0 saturated carbocycles. The second kappa shape index (κ2) is 7.98. The normalized spacial score (nSPS) is 16.2. The van der Waals surface area contributed by atoms with Crippen LogP contribution in [0, 0.1) is 11.3 Å². The fourth-order valence-corrected chi connectivity index (χ4v) is 2.60. The largest absolute Gasteiger partial charge is 0.382 e. The SMILES string of the molecule is CCOCCCn1nnc(CC#N)c1C1CCOCC1. The number of ether oxygens (including phenoxy) is 2. The van der Waals surface area contributed by atoms with E-state index in [0.717, 1.165) is 63.6 Å². The van der Waals surface area contributed by atoms with Crippen molar-refractivity contribution in [1.82, 2.24) is 15.0 Å². The maximum atomic E-state index is 8.93. The van der Waals surface area contributed by atoms with Gasteiger partial charge in [-0.15, -0.1) is 5.10 Å². The molecule has 6 heteroatoms. The van der Waals surface area contributed by atoms with Crippen LogP contribution in [0.4, 0.5) is 0 Å². The van der Waals surface area contributed by atoms with E-state index in [4.69, 9.17) is 14.7 Å². The van der Waals surface area contributed by atoms with Crippen LogP contribution in [0.5, 0.6) is 0 Å². The summed E-state index contributed by atoms with van der Waals surface area (Å²) in [5, 5.41) is 17.3. The number of aromatic nitrogens is 3. The van der Waals surface area contributed by atoms with Gasteiger partial charge in [0.15, 0.2) is 0 Å². The van der Waals surface area contributed by atoms with Crippen LogP contribution < -0.4 is 0 Å². The molecular weight excluding hydrogens is 256 g/mol. The third-order valence-corrected chi connectivity index (χ3v) is 3.56. The van der Waals surface area contributed by atoms with Crippen LogP contribution in [-0.2, 0) is 22.4 Å². The minimum absolute atomic E-state index is 0.331. The fraction of sp³-hybridized carbons (Fsp3) is 0.786. The van der Waals surface area contributed by atoms with E-state index in [9.17, 15) is 0 Å². The summed E-state index contributed by atoms with van der Waals surface area (Å²) in [6.07, 6.45) is 3.21. The molecule has 2 heterocycles. The van der Waals surface area contributed by atoms with Crippen molar-refractivity contribution >= 4 is 0 Å². The van der Waals surface area contributed by atoms with Gasteiger partial charge in [-0.1, -0.05) is 5.21 Å². The Labute approximate surface area is 119 Å². The van der Waals surface area contributed by atoms with Gasteiger partial charge in [0, 0.05) is 38.9 Å². The molecule has 1 aliphatic rings. The Hall–Kier alpha value is -1.45. The fourth-order valence-electron chi connectivity index (χ4n) is 2.60. The molecule has 0 N–H and O–H groups in total. The minimum Gasteiger partial charge on any atom is -0.382 e. The van der Waals surface area contributed by atoms with Crippen LogP contribution in [0.3, 0.4) is 0 Å². The van der Waals surface area contributed by atoms with Gasteiger partial charge in [0.25, 0.3) is 0 Å². The number of hydrogen-bond acceptors (Lipinski definition) is 5. The van der Waals surface area contributed by atoms with Gasteiger partial charge in [0.2, 0.25) is 0 Å². The Balaban J connectivity index is 2.07. The molecular formula is C14H22N4O2. The lowest BCUT2D eigenvalue weighted by atomic mass is 9.94. The highest BCUT2D eigenvalue weighted by Crippen LogP contribution is 2.28. The van der Waals surface area contributed by atoms with Crippen LogP contribution in [0.2, 0.25) is 0 Å². The summed E-state index contributed by atoms with van der Waals surface area (Å²) >= 11 is 0. The highest BCUT2D eigenvalue weighted by molar-refractivity contribution is 5.19. The zero-order valence-electron chi connectivity index (χ0n) is 12.0. The van der Waals surface area contributed by atoms with E-state index in [1.54, 1.807) is 0 Å². The van der Waals surface area contributed by atoms with E-state index in [1.807, 2.05) is 11.6 Å². The summed E-state index contributed by atoms with van der Waals surface area (Å²) in [5.74, 6) is 0.411. The van der Waals surface area contributed by atoms with Crippen molar-refractivity contribution in [3.05, 3.63) is 11.4 Å². The first-order valence-electron chi connectivity index (χ1n) is 7.31. The van der Waals surface area contributed by atoms with Gasteiger partial charge in [-0.3, -0.25) is 0 Å². The van der Waals surface area contributed by atoms with Crippen molar-refractivity contribution in [2.75, 3.05) is 26.4 Å². The molecule has 1 aromatic heterocycles. The summed E-state index contributed by atoms with van der Waals surface area (Å²) in [4.78, 5) is 0. The summed E-state index contributed by atoms with van der Waals surface area (Å²) < 4.78 is 12.7. The first-order valence-corrected chi connectivity index (χ1v) is 7.31. The summed E-state index contributed by atoms with van der Waals surface area (Å²) in [5.41, 5.74) is 1.96. The standard InChI is InChI=1S/C14H22N4O2/c1-2-19-9-3-8-18-14(12-5-10-20-11-6-12)13(4-7-15)16-17-18/h12H,2-6,8-11H2,1H3. The van der Waals surface area contributed by atoms with E-state index < -0.39 is 0 Å². The van der Waals surface area contributed by atoms with Gasteiger partial charge < -0.3 is 9.47 Å². The number of rotatable bonds is 7. The molecule has 0 atom stereocenters. The Morgan fingerprint density at radius 3 is 2.95 bits per heavy atom. The zero-order chi connectivity index (χ0) is 14.2. The van der Waals surface area contributed by atoms with Crippen molar-refractivity contribution in [2.45, 2.75) is 45.1 Å². The molecule has 2 rings (SSSR count). The van der Waals surface area contributed by atoms with Gasteiger partial charge in [-0.2, -0.15) is 5.26 Å². The topological polar surface area (TPSA) is 73.0 Å². The molecule has 0 bridgehead atoms. The highest BCUT2D eigenvalue weighted by atomic mass is 16.5. The van der Waals surface area contributed by atoms with Crippen LogP contribution >= 0.6 is 0 Å². The van der Waals surface area contributed by atoms with E-state index in [-0.39, 0.29) is 0 Å². The van der Waals surface area contributed by atoms with E-state index in [1.165, 1.54) is 0 Å². The summed E-state index contributed by atoms with van der Waals surface area (Å²) in [7, 11) is 0. The number of hydrogen-bond donors (Lipinski definition) is 0. The zero-order valence-corrected chi connectivity index (χ0v) is 12.0. The molecule has 1 aliphatic heterocycles. The average Bonchev–Trinajstić information content (AvgIpc) is 2.88. The lowest BCUT2D eigenvalue weighted by molar-refractivity contribution is 0.0830. The van der Waals surface area contributed by atoms with E-state index in [0.29, 0.717) is 12.3 Å². The number of aryl methyl sites for hydroxylation is 1. The van der Waals surface area contributed by atoms with Crippen molar-refractivity contribution in [3.8, 4) is 6.07 Å². The highest BCUT2D eigenvalue weighted by Gasteiger charge is 2.24. The van der Waals surface area contributed by atoms with Crippen LogP contribution in [0.25, 0.3) is 0 Å². The number of nitrogens with zero attached hydrogens (tertiary/aromatic N) is 4. The van der Waals surface area contributed by atoms with Gasteiger partial charge in [0.1, 0.15) is 5.69 Å². The number of nitriles is 1.